The zero-order valence-electron chi connectivity index (χ0n) is 26.7. The Kier molecular flexibility index (Phi) is 32.8. The Balaban J connectivity index is 0. The molecule has 0 aliphatic rings. The molecule has 0 bridgehead atoms. The molecule has 0 aromatic carbocycles. The van der Waals surface area contributed by atoms with E-state index in [-0.39, 0.29) is 24.4 Å². The molecule has 0 fully saturated rings. The molecular formula is C35H69ClN2O. The largest absolute Gasteiger partial charge is 0.341 e. The van der Waals surface area contributed by atoms with Crippen LogP contribution in [-0.2, 0) is 4.79 Å². The second-order valence-electron chi connectivity index (χ2n) is 11.6. The maximum atomic E-state index is 13.5. The molecular weight excluding hydrogens is 500 g/mol. The number of carbonyl (C=O) groups excluding carboxylic acids is 1. The number of hydrogen-bond acceptors (Lipinski definition) is 2. The Hall–Kier alpha value is -0.800. The van der Waals surface area contributed by atoms with Crippen LogP contribution >= 0.6 is 12.4 Å². The van der Waals surface area contributed by atoms with Gasteiger partial charge in [-0.15, -0.1) is 25.6 Å². The molecule has 0 spiro atoms. The molecule has 0 aromatic heterocycles. The number of hydrogen-bond donors (Lipinski definition) is 0. The molecule has 232 valence electrons. The molecule has 1 amide bonds. The van der Waals surface area contributed by atoms with Crippen LogP contribution in [-0.4, -0.2) is 47.9 Å². The van der Waals surface area contributed by atoms with Gasteiger partial charge in [0.05, 0.1) is 6.04 Å². The van der Waals surface area contributed by atoms with Crippen molar-refractivity contribution in [2.75, 3.05) is 26.2 Å². The summed E-state index contributed by atoms with van der Waals surface area (Å²) in [6.07, 6.45) is 33.3. The SMILES string of the molecule is C=CCN(CC=C)C(C)C(=O)N(CCCCCCCCCCCC)CCCCCCCCCCCCCC.Cl. The van der Waals surface area contributed by atoms with Gasteiger partial charge in [0.1, 0.15) is 0 Å². The summed E-state index contributed by atoms with van der Waals surface area (Å²) in [7, 11) is 0. The predicted molar refractivity (Wildman–Crippen MR) is 178 cm³/mol. The van der Waals surface area contributed by atoms with Crippen LogP contribution in [0.4, 0.5) is 0 Å². The second-order valence-corrected chi connectivity index (χ2v) is 11.6. The second kappa shape index (κ2) is 31.7. The topological polar surface area (TPSA) is 23.6 Å². The molecule has 3 nitrogen and oxygen atoms in total. The first-order valence-corrected chi connectivity index (χ1v) is 16.9. The van der Waals surface area contributed by atoms with Gasteiger partial charge in [0.2, 0.25) is 5.91 Å². The van der Waals surface area contributed by atoms with E-state index < -0.39 is 0 Å². The smallest absolute Gasteiger partial charge is 0.239 e. The highest BCUT2D eigenvalue weighted by atomic mass is 35.5. The third kappa shape index (κ3) is 24.7. The molecule has 0 aliphatic heterocycles. The zero-order chi connectivity index (χ0) is 28.1. The van der Waals surface area contributed by atoms with Crippen molar-refractivity contribution >= 4 is 18.3 Å². The van der Waals surface area contributed by atoms with Gasteiger partial charge in [0.15, 0.2) is 0 Å². The molecule has 0 N–H and O–H groups in total. The standard InChI is InChI=1S/C35H68N2O.ClH/c1-6-10-12-14-16-18-20-21-23-25-27-29-33-37(35(38)34(5)36(30-8-3)31-9-4)32-28-26-24-22-19-17-15-13-11-7-2;/h8-9,34H,3-4,6-7,10-33H2,1-2,5H3;1H. The summed E-state index contributed by atoms with van der Waals surface area (Å²) < 4.78 is 0. The van der Waals surface area contributed by atoms with E-state index >= 15 is 0 Å². The molecule has 0 saturated heterocycles. The van der Waals surface area contributed by atoms with Crippen molar-refractivity contribution in [3.8, 4) is 0 Å². The van der Waals surface area contributed by atoms with Crippen LogP contribution in [0.15, 0.2) is 25.3 Å². The van der Waals surface area contributed by atoms with Crippen molar-refractivity contribution in [1.82, 2.24) is 9.80 Å². The van der Waals surface area contributed by atoms with Crippen LogP contribution in [0.5, 0.6) is 0 Å². The lowest BCUT2D eigenvalue weighted by molar-refractivity contribution is -0.136. The van der Waals surface area contributed by atoms with Gasteiger partial charge in [-0.3, -0.25) is 9.69 Å². The van der Waals surface area contributed by atoms with E-state index in [1.54, 1.807) is 0 Å². The van der Waals surface area contributed by atoms with E-state index in [1.165, 1.54) is 128 Å². The van der Waals surface area contributed by atoms with E-state index in [1.807, 2.05) is 12.2 Å². The summed E-state index contributed by atoms with van der Waals surface area (Å²) in [4.78, 5) is 17.8. The first-order chi connectivity index (χ1) is 18.6. The normalized spacial score (nSPS) is 11.8. The van der Waals surface area contributed by atoms with Crippen LogP contribution in [0.1, 0.15) is 162 Å². The molecule has 0 heterocycles. The Labute approximate surface area is 252 Å². The van der Waals surface area contributed by atoms with E-state index in [0.29, 0.717) is 0 Å². The molecule has 0 rings (SSSR count). The Morgan fingerprint density at radius 1 is 0.564 bits per heavy atom. The van der Waals surface area contributed by atoms with Gasteiger partial charge < -0.3 is 4.90 Å². The molecule has 0 aromatic rings. The zero-order valence-corrected chi connectivity index (χ0v) is 27.6. The fourth-order valence-corrected chi connectivity index (χ4v) is 5.41. The van der Waals surface area contributed by atoms with Gasteiger partial charge in [-0.25, -0.2) is 0 Å². The van der Waals surface area contributed by atoms with Crippen molar-refractivity contribution < 1.29 is 4.79 Å². The van der Waals surface area contributed by atoms with Gasteiger partial charge in [-0.2, -0.15) is 0 Å². The summed E-state index contributed by atoms with van der Waals surface area (Å²) in [5.41, 5.74) is 0. The number of nitrogens with zero attached hydrogens (tertiary/aromatic N) is 2. The van der Waals surface area contributed by atoms with E-state index in [2.05, 4.69) is 43.7 Å². The minimum Gasteiger partial charge on any atom is -0.341 e. The van der Waals surface area contributed by atoms with E-state index in [4.69, 9.17) is 0 Å². The first-order valence-electron chi connectivity index (χ1n) is 16.9. The fourth-order valence-electron chi connectivity index (χ4n) is 5.41. The van der Waals surface area contributed by atoms with Crippen molar-refractivity contribution in [2.45, 2.75) is 168 Å². The lowest BCUT2D eigenvalue weighted by Crippen LogP contribution is -2.48. The minimum atomic E-state index is -0.119. The first kappa shape index (κ1) is 40.3. The minimum absolute atomic E-state index is 0. The van der Waals surface area contributed by atoms with Gasteiger partial charge in [0.25, 0.3) is 0 Å². The third-order valence-electron chi connectivity index (χ3n) is 8.01. The van der Waals surface area contributed by atoms with Crippen molar-refractivity contribution in [1.29, 1.82) is 0 Å². The van der Waals surface area contributed by atoms with Crippen LogP contribution < -0.4 is 0 Å². The van der Waals surface area contributed by atoms with Gasteiger partial charge in [-0.05, 0) is 19.8 Å². The highest BCUT2D eigenvalue weighted by Gasteiger charge is 2.24. The lowest BCUT2D eigenvalue weighted by atomic mass is 10.0. The molecule has 0 radical (unpaired) electrons. The van der Waals surface area contributed by atoms with Gasteiger partial charge >= 0.3 is 0 Å². The average molecular weight is 569 g/mol. The fraction of sp³-hybridized carbons (Fsp3) is 0.857. The number of unbranched alkanes of at least 4 members (excludes halogenated alkanes) is 20. The monoisotopic (exact) mass is 569 g/mol. The van der Waals surface area contributed by atoms with Gasteiger partial charge in [-0.1, -0.05) is 154 Å². The summed E-state index contributed by atoms with van der Waals surface area (Å²) in [6.45, 7) is 17.7. The number of amides is 1. The summed E-state index contributed by atoms with van der Waals surface area (Å²) in [6, 6.07) is -0.119. The molecule has 4 heteroatoms. The molecule has 0 saturated carbocycles. The Morgan fingerprint density at radius 2 is 0.846 bits per heavy atom. The summed E-state index contributed by atoms with van der Waals surface area (Å²) in [5, 5.41) is 0. The average Bonchev–Trinajstić information content (AvgIpc) is 2.92. The number of halogens is 1. The maximum absolute atomic E-state index is 13.5. The van der Waals surface area contributed by atoms with Crippen LogP contribution in [0, 0.1) is 0 Å². The highest BCUT2D eigenvalue weighted by Crippen LogP contribution is 2.15. The predicted octanol–water partition coefficient (Wildman–Crippen LogP) is 10.9. The quantitative estimate of drug-likeness (QED) is 0.0635. The van der Waals surface area contributed by atoms with E-state index in [9.17, 15) is 4.79 Å². The van der Waals surface area contributed by atoms with Crippen LogP contribution in [0.3, 0.4) is 0 Å². The maximum Gasteiger partial charge on any atom is 0.239 e. The molecule has 0 aliphatic carbocycles. The number of rotatable bonds is 30. The van der Waals surface area contributed by atoms with Crippen LogP contribution in [0.25, 0.3) is 0 Å². The Morgan fingerprint density at radius 3 is 1.13 bits per heavy atom. The van der Waals surface area contributed by atoms with Crippen molar-refractivity contribution in [3.05, 3.63) is 25.3 Å². The lowest BCUT2D eigenvalue weighted by Gasteiger charge is -2.32. The van der Waals surface area contributed by atoms with E-state index in [0.717, 1.165) is 39.0 Å². The summed E-state index contributed by atoms with van der Waals surface area (Å²) in [5.74, 6) is 0.285. The third-order valence-corrected chi connectivity index (χ3v) is 8.01. The van der Waals surface area contributed by atoms with Crippen LogP contribution in [0.2, 0.25) is 0 Å². The highest BCUT2D eigenvalue weighted by molar-refractivity contribution is 5.85. The molecule has 1 unspecified atom stereocenters. The molecule has 39 heavy (non-hydrogen) atoms. The van der Waals surface area contributed by atoms with Gasteiger partial charge in [0, 0.05) is 26.2 Å². The van der Waals surface area contributed by atoms with Crippen molar-refractivity contribution in [3.63, 3.8) is 0 Å². The summed E-state index contributed by atoms with van der Waals surface area (Å²) >= 11 is 0. The van der Waals surface area contributed by atoms with Crippen molar-refractivity contribution in [2.24, 2.45) is 0 Å². The number of carbonyl (C=O) groups is 1. The molecule has 1 atom stereocenters. The Bertz CT molecular complexity index is 529.